The standard InChI is InChI=1S/C17H18N2O2S2/c1-11-6-7-22-16(11)10-19-17(21)18-9-13(20)15-8-12-4-2-3-5-14(12)23-15/h2-8,13,20H,9-10H2,1H3,(H2,18,19,21). The molecular weight excluding hydrogens is 328 g/mol. The molecule has 2 amide bonds. The van der Waals surface area contributed by atoms with Crippen LogP contribution in [0.3, 0.4) is 0 Å². The van der Waals surface area contributed by atoms with Crippen LogP contribution in [0.15, 0.2) is 41.8 Å². The summed E-state index contributed by atoms with van der Waals surface area (Å²) in [5, 5.41) is 18.9. The number of urea groups is 1. The molecule has 0 saturated heterocycles. The van der Waals surface area contributed by atoms with Gasteiger partial charge in [-0.25, -0.2) is 4.79 Å². The van der Waals surface area contributed by atoms with Crippen LogP contribution in [-0.4, -0.2) is 17.7 Å². The topological polar surface area (TPSA) is 61.4 Å². The molecule has 0 saturated carbocycles. The third kappa shape index (κ3) is 3.90. The number of nitrogens with one attached hydrogen (secondary N) is 2. The van der Waals surface area contributed by atoms with Crippen molar-refractivity contribution >= 4 is 38.8 Å². The fourth-order valence-corrected chi connectivity index (χ4v) is 4.16. The van der Waals surface area contributed by atoms with Crippen molar-refractivity contribution in [1.29, 1.82) is 0 Å². The van der Waals surface area contributed by atoms with Crippen molar-refractivity contribution in [2.24, 2.45) is 0 Å². The van der Waals surface area contributed by atoms with E-state index >= 15 is 0 Å². The Morgan fingerprint density at radius 1 is 1.26 bits per heavy atom. The third-order valence-corrected chi connectivity index (χ3v) is 5.85. The van der Waals surface area contributed by atoms with Crippen molar-refractivity contribution < 1.29 is 9.90 Å². The smallest absolute Gasteiger partial charge is 0.315 e. The van der Waals surface area contributed by atoms with E-state index < -0.39 is 6.10 Å². The van der Waals surface area contributed by atoms with E-state index in [4.69, 9.17) is 0 Å². The molecule has 0 spiro atoms. The number of carbonyl (C=O) groups excluding carboxylic acids is 1. The number of fused-ring (bicyclic) bond motifs is 1. The van der Waals surface area contributed by atoms with Crippen LogP contribution in [-0.2, 0) is 6.54 Å². The SMILES string of the molecule is Cc1ccsc1CNC(=O)NCC(O)c1cc2ccccc2s1. The van der Waals surface area contributed by atoms with E-state index in [2.05, 4.69) is 10.6 Å². The van der Waals surface area contributed by atoms with Crippen LogP contribution in [0, 0.1) is 6.92 Å². The normalized spacial score (nSPS) is 12.3. The molecule has 0 radical (unpaired) electrons. The number of hydrogen-bond acceptors (Lipinski definition) is 4. The van der Waals surface area contributed by atoms with Crippen LogP contribution in [0.2, 0.25) is 0 Å². The maximum atomic E-state index is 11.8. The van der Waals surface area contributed by atoms with Gasteiger partial charge in [0.15, 0.2) is 0 Å². The minimum atomic E-state index is -0.693. The zero-order valence-electron chi connectivity index (χ0n) is 12.7. The summed E-state index contributed by atoms with van der Waals surface area (Å²) < 4.78 is 1.14. The predicted molar refractivity (Wildman–Crippen MR) is 96.1 cm³/mol. The summed E-state index contributed by atoms with van der Waals surface area (Å²) in [6.07, 6.45) is -0.693. The molecule has 0 fully saturated rings. The third-order valence-electron chi connectivity index (χ3n) is 3.61. The van der Waals surface area contributed by atoms with Crippen molar-refractivity contribution in [3.05, 3.63) is 57.1 Å². The molecule has 0 aliphatic heterocycles. The Morgan fingerprint density at radius 3 is 2.83 bits per heavy atom. The highest BCUT2D eigenvalue weighted by molar-refractivity contribution is 7.19. The van der Waals surface area contributed by atoms with Crippen LogP contribution in [0.5, 0.6) is 0 Å². The van der Waals surface area contributed by atoms with E-state index in [1.807, 2.05) is 48.7 Å². The molecule has 3 rings (SSSR count). The number of aryl methyl sites for hydroxylation is 1. The van der Waals surface area contributed by atoms with E-state index in [-0.39, 0.29) is 12.6 Å². The molecule has 23 heavy (non-hydrogen) atoms. The molecule has 3 N–H and O–H groups in total. The molecule has 2 heterocycles. The Labute approximate surface area is 142 Å². The highest BCUT2D eigenvalue weighted by atomic mass is 32.1. The summed E-state index contributed by atoms with van der Waals surface area (Å²) in [7, 11) is 0. The first kappa shape index (κ1) is 16.0. The minimum absolute atomic E-state index is 0.197. The number of carbonyl (C=O) groups is 1. The zero-order chi connectivity index (χ0) is 16.2. The lowest BCUT2D eigenvalue weighted by atomic mass is 10.2. The molecule has 1 unspecified atom stereocenters. The van der Waals surface area contributed by atoms with E-state index in [0.29, 0.717) is 6.54 Å². The Bertz CT molecular complexity index is 777. The van der Waals surface area contributed by atoms with Gasteiger partial charge in [-0.3, -0.25) is 0 Å². The minimum Gasteiger partial charge on any atom is -0.386 e. The fourth-order valence-electron chi connectivity index (χ4n) is 2.26. The Balaban J connectivity index is 1.51. The van der Waals surface area contributed by atoms with Crippen molar-refractivity contribution in [2.45, 2.75) is 19.6 Å². The van der Waals surface area contributed by atoms with Crippen molar-refractivity contribution in [1.82, 2.24) is 10.6 Å². The molecule has 2 aromatic heterocycles. The molecular formula is C17H18N2O2S2. The molecule has 120 valence electrons. The first-order valence-electron chi connectivity index (χ1n) is 7.34. The lowest BCUT2D eigenvalue weighted by Gasteiger charge is -2.11. The quantitative estimate of drug-likeness (QED) is 0.658. The molecule has 1 atom stereocenters. The summed E-state index contributed by atoms with van der Waals surface area (Å²) in [6.45, 7) is 2.73. The van der Waals surface area contributed by atoms with Gasteiger partial charge in [-0.05, 0) is 41.5 Å². The average Bonchev–Trinajstić information content (AvgIpc) is 3.16. The summed E-state index contributed by atoms with van der Waals surface area (Å²) in [5.74, 6) is 0. The van der Waals surface area contributed by atoms with E-state index in [1.54, 1.807) is 22.7 Å². The molecule has 0 aliphatic rings. The van der Waals surface area contributed by atoms with Crippen molar-refractivity contribution in [3.63, 3.8) is 0 Å². The van der Waals surface area contributed by atoms with Gasteiger partial charge in [0.05, 0.1) is 13.1 Å². The molecule has 3 aromatic rings. The molecule has 4 nitrogen and oxygen atoms in total. The van der Waals surface area contributed by atoms with Gasteiger partial charge < -0.3 is 15.7 Å². The number of amides is 2. The second kappa shape index (κ2) is 7.12. The van der Waals surface area contributed by atoms with Crippen molar-refractivity contribution in [2.75, 3.05) is 6.54 Å². The van der Waals surface area contributed by atoms with E-state index in [1.165, 1.54) is 5.56 Å². The first-order chi connectivity index (χ1) is 11.1. The average molecular weight is 346 g/mol. The zero-order valence-corrected chi connectivity index (χ0v) is 14.3. The van der Waals surface area contributed by atoms with Crippen LogP contribution in [0.1, 0.15) is 21.4 Å². The predicted octanol–water partition coefficient (Wildman–Crippen LogP) is 3.80. The number of aliphatic hydroxyl groups is 1. The maximum Gasteiger partial charge on any atom is 0.315 e. The Hall–Kier alpha value is -1.89. The Kier molecular flexibility index (Phi) is 4.95. The number of thiophene rings is 2. The van der Waals surface area contributed by atoms with Crippen LogP contribution in [0.25, 0.3) is 10.1 Å². The van der Waals surface area contributed by atoms with Crippen LogP contribution >= 0.6 is 22.7 Å². The van der Waals surface area contributed by atoms with Gasteiger partial charge in [-0.15, -0.1) is 22.7 Å². The number of benzene rings is 1. The number of hydrogen-bond donors (Lipinski definition) is 3. The van der Waals surface area contributed by atoms with Gasteiger partial charge in [0.2, 0.25) is 0 Å². The van der Waals surface area contributed by atoms with Gasteiger partial charge in [-0.1, -0.05) is 18.2 Å². The van der Waals surface area contributed by atoms with Crippen LogP contribution < -0.4 is 10.6 Å². The van der Waals surface area contributed by atoms with Crippen molar-refractivity contribution in [3.8, 4) is 0 Å². The fraction of sp³-hybridized carbons (Fsp3) is 0.235. The maximum absolute atomic E-state index is 11.8. The summed E-state index contributed by atoms with van der Waals surface area (Å²) >= 11 is 3.18. The Morgan fingerprint density at radius 2 is 2.09 bits per heavy atom. The number of aliphatic hydroxyl groups excluding tert-OH is 1. The highest BCUT2D eigenvalue weighted by Crippen LogP contribution is 2.29. The number of rotatable bonds is 5. The van der Waals surface area contributed by atoms with E-state index in [9.17, 15) is 9.90 Å². The second-order valence-corrected chi connectivity index (χ2v) is 7.41. The monoisotopic (exact) mass is 346 g/mol. The molecule has 0 aliphatic carbocycles. The van der Waals surface area contributed by atoms with Crippen LogP contribution in [0.4, 0.5) is 4.79 Å². The summed E-state index contributed by atoms with van der Waals surface area (Å²) in [5.41, 5.74) is 1.18. The first-order valence-corrected chi connectivity index (χ1v) is 9.04. The molecule has 6 heteroatoms. The molecule has 0 bridgehead atoms. The van der Waals surface area contributed by atoms with E-state index in [0.717, 1.165) is 19.8 Å². The van der Waals surface area contributed by atoms with Gasteiger partial charge in [0, 0.05) is 14.5 Å². The lowest BCUT2D eigenvalue weighted by Crippen LogP contribution is -2.37. The largest absolute Gasteiger partial charge is 0.386 e. The molecule has 1 aromatic carbocycles. The summed E-state index contributed by atoms with van der Waals surface area (Å²) in [4.78, 5) is 13.8. The van der Waals surface area contributed by atoms with Gasteiger partial charge in [0.25, 0.3) is 0 Å². The lowest BCUT2D eigenvalue weighted by molar-refractivity contribution is 0.176. The van der Waals surface area contributed by atoms with Gasteiger partial charge >= 0.3 is 6.03 Å². The van der Waals surface area contributed by atoms with Gasteiger partial charge in [-0.2, -0.15) is 0 Å². The van der Waals surface area contributed by atoms with Gasteiger partial charge in [0.1, 0.15) is 6.10 Å². The second-order valence-electron chi connectivity index (χ2n) is 5.29. The summed E-state index contributed by atoms with van der Waals surface area (Å²) in [6, 6.07) is 11.7. The highest BCUT2D eigenvalue weighted by Gasteiger charge is 2.13.